The second-order valence-corrected chi connectivity index (χ2v) is 5.74. The predicted molar refractivity (Wildman–Crippen MR) is 80.4 cm³/mol. The standard InChI is InChI=1S/C12H11ClF3N5OS/c13-8-3-1-7(2-4-8)10-19-20-11(21(10)17)23-5-9(22)18-6-12(14,15)16/h1-4H,5-6,17H2,(H,18,22). The predicted octanol–water partition coefficient (Wildman–Crippen LogP) is 2.08. The number of benzene rings is 1. The van der Waals surface area contributed by atoms with Gasteiger partial charge in [-0.15, -0.1) is 10.2 Å². The van der Waals surface area contributed by atoms with Gasteiger partial charge in [0, 0.05) is 10.6 Å². The number of rotatable bonds is 5. The van der Waals surface area contributed by atoms with Crippen LogP contribution in [0.4, 0.5) is 13.2 Å². The van der Waals surface area contributed by atoms with Gasteiger partial charge in [0.1, 0.15) is 6.54 Å². The summed E-state index contributed by atoms with van der Waals surface area (Å²) in [5.74, 6) is 5.14. The van der Waals surface area contributed by atoms with Gasteiger partial charge in [0.2, 0.25) is 11.1 Å². The number of nitrogen functional groups attached to an aromatic ring is 1. The first-order chi connectivity index (χ1) is 10.8. The molecule has 1 amide bonds. The molecular weight excluding hydrogens is 355 g/mol. The summed E-state index contributed by atoms with van der Waals surface area (Å²) in [5, 5.41) is 10.2. The van der Waals surface area contributed by atoms with Crippen molar-refractivity contribution in [1.29, 1.82) is 0 Å². The van der Waals surface area contributed by atoms with Gasteiger partial charge in [-0.05, 0) is 24.3 Å². The number of thioether (sulfide) groups is 1. The topological polar surface area (TPSA) is 85.8 Å². The van der Waals surface area contributed by atoms with Crippen molar-refractivity contribution in [2.24, 2.45) is 0 Å². The summed E-state index contributed by atoms with van der Waals surface area (Å²) < 4.78 is 37.1. The van der Waals surface area contributed by atoms with E-state index in [1.54, 1.807) is 29.6 Å². The van der Waals surface area contributed by atoms with Gasteiger partial charge < -0.3 is 11.2 Å². The Morgan fingerprint density at radius 1 is 1.30 bits per heavy atom. The van der Waals surface area contributed by atoms with E-state index in [9.17, 15) is 18.0 Å². The van der Waals surface area contributed by atoms with E-state index in [1.807, 2.05) is 0 Å². The van der Waals surface area contributed by atoms with Crippen molar-refractivity contribution in [3.63, 3.8) is 0 Å². The van der Waals surface area contributed by atoms with Crippen LogP contribution in [0.5, 0.6) is 0 Å². The summed E-state index contributed by atoms with van der Waals surface area (Å²) in [6.45, 7) is -1.38. The van der Waals surface area contributed by atoms with Crippen LogP contribution in [-0.4, -0.2) is 39.3 Å². The molecule has 0 aliphatic rings. The van der Waals surface area contributed by atoms with Gasteiger partial charge in [-0.2, -0.15) is 13.2 Å². The van der Waals surface area contributed by atoms with E-state index in [0.717, 1.165) is 16.4 Å². The first kappa shape index (κ1) is 17.4. The summed E-state index contributed by atoms with van der Waals surface area (Å²) >= 11 is 6.67. The quantitative estimate of drug-likeness (QED) is 0.626. The summed E-state index contributed by atoms with van der Waals surface area (Å²) in [6.07, 6.45) is -4.45. The molecule has 1 aromatic heterocycles. The molecular formula is C12H11ClF3N5OS. The van der Waals surface area contributed by atoms with Crippen molar-refractivity contribution in [3.05, 3.63) is 29.3 Å². The van der Waals surface area contributed by atoms with Crippen LogP contribution < -0.4 is 11.2 Å². The fourth-order valence-electron chi connectivity index (χ4n) is 1.55. The Bertz CT molecular complexity index is 689. The van der Waals surface area contributed by atoms with Gasteiger partial charge in [-0.1, -0.05) is 23.4 Å². The highest BCUT2D eigenvalue weighted by atomic mass is 35.5. The Balaban J connectivity index is 1.97. The molecule has 0 bridgehead atoms. The molecule has 124 valence electrons. The van der Waals surface area contributed by atoms with Gasteiger partial charge in [0.15, 0.2) is 5.82 Å². The number of halogens is 4. The molecule has 0 aliphatic carbocycles. The van der Waals surface area contributed by atoms with Crippen LogP contribution in [0.1, 0.15) is 0 Å². The minimum absolute atomic E-state index is 0.206. The molecule has 11 heteroatoms. The van der Waals surface area contributed by atoms with Gasteiger partial charge in [-0.25, -0.2) is 4.68 Å². The Hall–Kier alpha value is -1.94. The van der Waals surface area contributed by atoms with Crippen molar-refractivity contribution < 1.29 is 18.0 Å². The highest BCUT2D eigenvalue weighted by Gasteiger charge is 2.27. The maximum Gasteiger partial charge on any atom is 0.405 e. The van der Waals surface area contributed by atoms with E-state index in [-0.39, 0.29) is 10.9 Å². The molecule has 1 aromatic carbocycles. The monoisotopic (exact) mass is 365 g/mol. The molecule has 0 aliphatic heterocycles. The van der Waals surface area contributed by atoms with E-state index < -0.39 is 18.6 Å². The highest BCUT2D eigenvalue weighted by Crippen LogP contribution is 2.22. The lowest BCUT2D eigenvalue weighted by Crippen LogP contribution is -2.34. The molecule has 0 spiro atoms. The third-order valence-corrected chi connectivity index (χ3v) is 3.78. The zero-order valence-electron chi connectivity index (χ0n) is 11.5. The Labute approximate surface area is 138 Å². The molecule has 23 heavy (non-hydrogen) atoms. The fraction of sp³-hybridized carbons (Fsp3) is 0.250. The molecule has 0 fully saturated rings. The van der Waals surface area contributed by atoms with Gasteiger partial charge in [-0.3, -0.25) is 4.79 Å². The average molecular weight is 366 g/mol. The van der Waals surface area contributed by atoms with Crippen molar-refractivity contribution in [3.8, 4) is 11.4 Å². The first-order valence-electron chi connectivity index (χ1n) is 6.19. The van der Waals surface area contributed by atoms with E-state index in [4.69, 9.17) is 17.4 Å². The van der Waals surface area contributed by atoms with Gasteiger partial charge >= 0.3 is 6.18 Å². The number of hydrogen-bond acceptors (Lipinski definition) is 5. The minimum Gasteiger partial charge on any atom is -0.346 e. The number of carbonyl (C=O) groups is 1. The summed E-state index contributed by atoms with van der Waals surface area (Å²) in [5.41, 5.74) is 0.665. The van der Waals surface area contributed by atoms with E-state index in [2.05, 4.69) is 10.2 Å². The number of nitrogens with one attached hydrogen (secondary N) is 1. The van der Waals surface area contributed by atoms with Crippen molar-refractivity contribution in [1.82, 2.24) is 20.2 Å². The SMILES string of the molecule is Nn1c(SCC(=O)NCC(F)(F)F)nnc1-c1ccc(Cl)cc1. The van der Waals surface area contributed by atoms with Gasteiger partial charge in [0.05, 0.1) is 5.75 Å². The summed E-state index contributed by atoms with van der Waals surface area (Å²) in [4.78, 5) is 11.3. The lowest BCUT2D eigenvalue weighted by Gasteiger charge is -2.08. The average Bonchev–Trinajstić information content (AvgIpc) is 2.84. The molecule has 0 radical (unpaired) electrons. The largest absolute Gasteiger partial charge is 0.405 e. The molecule has 0 atom stereocenters. The number of carbonyl (C=O) groups excluding carboxylic acids is 1. The number of alkyl halides is 3. The maximum absolute atomic E-state index is 12.0. The van der Waals surface area contributed by atoms with E-state index in [0.29, 0.717) is 16.4 Å². The zero-order valence-corrected chi connectivity index (χ0v) is 13.0. The van der Waals surface area contributed by atoms with Crippen LogP contribution in [0.3, 0.4) is 0 Å². The third-order valence-electron chi connectivity index (χ3n) is 2.59. The summed E-state index contributed by atoms with van der Waals surface area (Å²) in [7, 11) is 0. The maximum atomic E-state index is 12.0. The lowest BCUT2D eigenvalue weighted by molar-refractivity contribution is -0.136. The molecule has 2 aromatic rings. The first-order valence-corrected chi connectivity index (χ1v) is 7.55. The van der Waals surface area contributed by atoms with Crippen LogP contribution in [0.25, 0.3) is 11.4 Å². The molecule has 2 rings (SSSR count). The molecule has 3 N–H and O–H groups in total. The Morgan fingerprint density at radius 2 is 1.96 bits per heavy atom. The van der Waals surface area contributed by atoms with Crippen LogP contribution >= 0.6 is 23.4 Å². The van der Waals surface area contributed by atoms with Crippen LogP contribution in [0.15, 0.2) is 29.4 Å². The summed E-state index contributed by atoms with van der Waals surface area (Å²) in [6, 6.07) is 6.70. The van der Waals surface area contributed by atoms with Gasteiger partial charge in [0.25, 0.3) is 0 Å². The number of aromatic nitrogens is 3. The highest BCUT2D eigenvalue weighted by molar-refractivity contribution is 7.99. The van der Waals surface area contributed by atoms with Crippen LogP contribution in [-0.2, 0) is 4.79 Å². The number of hydrogen-bond donors (Lipinski definition) is 2. The molecule has 0 unspecified atom stereocenters. The molecule has 1 heterocycles. The molecule has 0 saturated heterocycles. The molecule has 0 saturated carbocycles. The Kier molecular flexibility index (Phi) is 5.37. The second-order valence-electron chi connectivity index (χ2n) is 4.36. The van der Waals surface area contributed by atoms with E-state index >= 15 is 0 Å². The van der Waals surface area contributed by atoms with Crippen molar-refractivity contribution >= 4 is 29.3 Å². The molecule has 6 nitrogen and oxygen atoms in total. The second kappa shape index (κ2) is 7.09. The van der Waals surface area contributed by atoms with Crippen LogP contribution in [0, 0.1) is 0 Å². The Morgan fingerprint density at radius 3 is 2.57 bits per heavy atom. The van der Waals surface area contributed by atoms with E-state index in [1.165, 1.54) is 0 Å². The zero-order chi connectivity index (χ0) is 17.0. The van der Waals surface area contributed by atoms with Crippen molar-refractivity contribution in [2.45, 2.75) is 11.3 Å². The third kappa shape index (κ3) is 5.03. The van der Waals surface area contributed by atoms with Crippen LogP contribution in [0.2, 0.25) is 5.02 Å². The number of nitrogens with zero attached hydrogens (tertiary/aromatic N) is 3. The van der Waals surface area contributed by atoms with Crippen molar-refractivity contribution in [2.75, 3.05) is 18.1 Å². The minimum atomic E-state index is -4.45. The smallest absolute Gasteiger partial charge is 0.346 e. The normalized spacial score (nSPS) is 11.5. The number of amides is 1. The fourth-order valence-corrected chi connectivity index (χ4v) is 2.36. The number of nitrogens with two attached hydrogens (primary N) is 1. The lowest BCUT2D eigenvalue weighted by atomic mass is 10.2.